The van der Waals surface area contributed by atoms with E-state index in [0.717, 1.165) is 5.69 Å². The van der Waals surface area contributed by atoms with Crippen LogP contribution in [0, 0.1) is 11.7 Å². The third-order valence-electron chi connectivity index (χ3n) is 5.05. The molecule has 3 aromatic rings. The van der Waals surface area contributed by atoms with E-state index in [2.05, 4.69) is 21.9 Å². The topological polar surface area (TPSA) is 87.3 Å². The molecule has 2 N–H and O–H groups in total. The molecule has 1 heterocycles. The SMILES string of the molecule is C=Cc1nc(Oc2ccc(N(C)c3ccc(C(=O)NC)c(F)c3)cc2)[nH]c(=O)c1/C=C\C(C)C. The standard InChI is InChI=1S/C26H27FN4O3/c1-6-23-21(13-7-16(2)3)25(33)30-26(29-23)34-19-11-8-17(9-12-19)31(5)18-10-14-20(22(27)15-18)24(32)28-4/h6-16H,1H2,2-5H3,(H,28,32)(H,29,30,33)/b13-7-. The van der Waals surface area contributed by atoms with Crippen molar-refractivity contribution in [3.05, 3.63) is 88.1 Å². The summed E-state index contributed by atoms with van der Waals surface area (Å²) in [6.07, 6.45) is 5.15. The Bertz CT molecular complexity index is 1280. The first kappa shape index (κ1) is 24.4. The number of rotatable bonds is 8. The van der Waals surface area contributed by atoms with Gasteiger partial charge in [-0.3, -0.25) is 14.6 Å². The second-order valence-electron chi connectivity index (χ2n) is 7.88. The van der Waals surface area contributed by atoms with Gasteiger partial charge in [0.15, 0.2) is 0 Å². The number of H-pyrrole nitrogens is 1. The zero-order chi connectivity index (χ0) is 24.8. The summed E-state index contributed by atoms with van der Waals surface area (Å²) in [4.78, 5) is 32.9. The summed E-state index contributed by atoms with van der Waals surface area (Å²) in [5, 5.41) is 2.41. The number of carbonyl (C=O) groups excluding carboxylic acids is 1. The molecule has 176 valence electrons. The molecule has 1 amide bonds. The van der Waals surface area contributed by atoms with E-state index in [4.69, 9.17) is 4.74 Å². The van der Waals surface area contributed by atoms with Gasteiger partial charge in [-0.25, -0.2) is 4.39 Å². The number of nitrogens with one attached hydrogen (secondary N) is 2. The molecular formula is C26H27FN4O3. The third kappa shape index (κ3) is 5.58. The number of carbonyl (C=O) groups is 1. The van der Waals surface area contributed by atoms with Gasteiger partial charge in [-0.1, -0.05) is 32.6 Å². The molecule has 8 heteroatoms. The van der Waals surface area contributed by atoms with E-state index >= 15 is 0 Å². The van der Waals surface area contributed by atoms with Crippen LogP contribution in [0.15, 0.2) is 59.9 Å². The Hall–Kier alpha value is -4.20. The number of allylic oxidation sites excluding steroid dienone is 1. The van der Waals surface area contributed by atoms with Crippen molar-refractivity contribution in [1.82, 2.24) is 15.3 Å². The molecule has 0 aliphatic heterocycles. The average molecular weight is 463 g/mol. The summed E-state index contributed by atoms with van der Waals surface area (Å²) in [6.45, 7) is 7.76. The molecule has 3 rings (SSSR count). The molecule has 0 radical (unpaired) electrons. The highest BCUT2D eigenvalue weighted by atomic mass is 19.1. The minimum Gasteiger partial charge on any atom is -0.426 e. The molecule has 0 atom stereocenters. The first-order valence-electron chi connectivity index (χ1n) is 10.7. The number of aromatic amines is 1. The predicted molar refractivity (Wildman–Crippen MR) is 133 cm³/mol. The van der Waals surface area contributed by atoms with Crippen LogP contribution in [-0.4, -0.2) is 30.0 Å². The van der Waals surface area contributed by atoms with E-state index in [1.165, 1.54) is 25.3 Å². The average Bonchev–Trinajstić information content (AvgIpc) is 2.82. The van der Waals surface area contributed by atoms with Crippen LogP contribution in [0.3, 0.4) is 0 Å². The van der Waals surface area contributed by atoms with Crippen molar-refractivity contribution in [3.63, 3.8) is 0 Å². The van der Waals surface area contributed by atoms with Gasteiger partial charge >= 0.3 is 6.01 Å². The molecule has 0 spiro atoms. The number of amides is 1. The van der Waals surface area contributed by atoms with Crippen molar-refractivity contribution >= 4 is 29.4 Å². The number of benzene rings is 2. The number of ether oxygens (including phenoxy) is 1. The summed E-state index contributed by atoms with van der Waals surface area (Å²) in [5.41, 5.74) is 1.84. The highest BCUT2D eigenvalue weighted by Crippen LogP contribution is 2.28. The Labute approximate surface area is 197 Å². The van der Waals surface area contributed by atoms with Crippen molar-refractivity contribution in [2.75, 3.05) is 19.0 Å². The van der Waals surface area contributed by atoms with E-state index in [9.17, 15) is 14.0 Å². The monoisotopic (exact) mass is 462 g/mol. The smallest absolute Gasteiger partial charge is 0.302 e. The Balaban J connectivity index is 1.79. The van der Waals surface area contributed by atoms with E-state index in [1.807, 2.05) is 19.9 Å². The van der Waals surface area contributed by atoms with Crippen molar-refractivity contribution < 1.29 is 13.9 Å². The van der Waals surface area contributed by atoms with Crippen LogP contribution in [0.2, 0.25) is 0 Å². The minimum absolute atomic E-state index is 0.0190. The second kappa shape index (κ2) is 10.6. The third-order valence-corrected chi connectivity index (χ3v) is 5.05. The van der Waals surface area contributed by atoms with Gasteiger partial charge < -0.3 is 15.0 Å². The van der Waals surface area contributed by atoms with Gasteiger partial charge in [-0.15, -0.1) is 0 Å². The van der Waals surface area contributed by atoms with Gasteiger partial charge in [-0.05, 0) is 54.5 Å². The first-order valence-corrected chi connectivity index (χ1v) is 10.7. The maximum Gasteiger partial charge on any atom is 0.302 e. The highest BCUT2D eigenvalue weighted by molar-refractivity contribution is 5.94. The lowest BCUT2D eigenvalue weighted by Gasteiger charge is -2.20. The zero-order valence-corrected chi connectivity index (χ0v) is 19.6. The summed E-state index contributed by atoms with van der Waals surface area (Å²) in [6, 6.07) is 11.4. The lowest BCUT2D eigenvalue weighted by molar-refractivity contribution is 0.0959. The maximum absolute atomic E-state index is 14.3. The normalized spacial score (nSPS) is 11.0. The quantitative estimate of drug-likeness (QED) is 0.484. The van der Waals surface area contributed by atoms with E-state index in [0.29, 0.717) is 22.7 Å². The van der Waals surface area contributed by atoms with Crippen LogP contribution >= 0.6 is 0 Å². The lowest BCUT2D eigenvalue weighted by Crippen LogP contribution is -2.19. The molecule has 2 aromatic carbocycles. The van der Waals surface area contributed by atoms with Crippen molar-refractivity contribution in [3.8, 4) is 11.8 Å². The molecular weight excluding hydrogens is 435 g/mol. The van der Waals surface area contributed by atoms with Crippen LogP contribution in [-0.2, 0) is 0 Å². The van der Waals surface area contributed by atoms with Crippen LogP contribution < -0.4 is 20.5 Å². The lowest BCUT2D eigenvalue weighted by atomic mass is 10.1. The molecule has 0 aliphatic rings. The second-order valence-corrected chi connectivity index (χ2v) is 7.88. The van der Waals surface area contributed by atoms with Gasteiger partial charge in [0.25, 0.3) is 11.5 Å². The fourth-order valence-corrected chi connectivity index (χ4v) is 3.16. The fraction of sp³-hybridized carbons (Fsp3) is 0.192. The van der Waals surface area contributed by atoms with Crippen LogP contribution in [0.1, 0.15) is 35.5 Å². The van der Waals surface area contributed by atoms with E-state index < -0.39 is 11.7 Å². The summed E-state index contributed by atoms with van der Waals surface area (Å²) < 4.78 is 20.1. The molecule has 0 saturated carbocycles. The largest absolute Gasteiger partial charge is 0.426 e. The number of aromatic nitrogens is 2. The van der Waals surface area contributed by atoms with Crippen molar-refractivity contribution in [2.45, 2.75) is 13.8 Å². The fourth-order valence-electron chi connectivity index (χ4n) is 3.16. The van der Waals surface area contributed by atoms with Crippen molar-refractivity contribution in [2.24, 2.45) is 5.92 Å². The number of anilines is 2. The van der Waals surface area contributed by atoms with Gasteiger partial charge in [-0.2, -0.15) is 4.98 Å². The predicted octanol–water partition coefficient (Wildman–Crippen LogP) is 5.14. The van der Waals surface area contributed by atoms with Crippen molar-refractivity contribution in [1.29, 1.82) is 0 Å². The maximum atomic E-state index is 14.3. The molecule has 1 aromatic heterocycles. The minimum atomic E-state index is -0.608. The molecule has 0 fully saturated rings. The van der Waals surface area contributed by atoms with Crippen LogP contribution in [0.5, 0.6) is 11.8 Å². The van der Waals surface area contributed by atoms with Crippen LogP contribution in [0.4, 0.5) is 15.8 Å². The molecule has 0 aliphatic carbocycles. The van der Waals surface area contributed by atoms with E-state index in [-0.39, 0.29) is 23.1 Å². The number of hydrogen-bond acceptors (Lipinski definition) is 5. The molecule has 34 heavy (non-hydrogen) atoms. The van der Waals surface area contributed by atoms with E-state index in [1.54, 1.807) is 48.4 Å². The zero-order valence-electron chi connectivity index (χ0n) is 19.6. The Morgan fingerprint density at radius 3 is 2.47 bits per heavy atom. The Kier molecular flexibility index (Phi) is 7.63. The van der Waals surface area contributed by atoms with Gasteiger partial charge in [0.1, 0.15) is 11.6 Å². The summed E-state index contributed by atoms with van der Waals surface area (Å²) >= 11 is 0. The number of nitrogens with zero attached hydrogens (tertiary/aromatic N) is 2. The Morgan fingerprint density at radius 1 is 1.21 bits per heavy atom. The first-order chi connectivity index (χ1) is 16.2. The molecule has 0 saturated heterocycles. The molecule has 7 nitrogen and oxygen atoms in total. The summed E-state index contributed by atoms with van der Waals surface area (Å²) in [5.74, 6) is -0.344. The summed E-state index contributed by atoms with van der Waals surface area (Å²) in [7, 11) is 3.23. The molecule has 0 unspecified atom stereocenters. The van der Waals surface area contributed by atoms with Crippen LogP contribution in [0.25, 0.3) is 12.2 Å². The van der Waals surface area contributed by atoms with Gasteiger partial charge in [0.05, 0.1) is 16.8 Å². The van der Waals surface area contributed by atoms with Gasteiger partial charge in [0.2, 0.25) is 0 Å². The molecule has 0 bridgehead atoms. The highest BCUT2D eigenvalue weighted by Gasteiger charge is 2.13. The number of halogens is 1. The van der Waals surface area contributed by atoms with Gasteiger partial charge in [0, 0.05) is 25.5 Å². The number of hydrogen-bond donors (Lipinski definition) is 2. The Morgan fingerprint density at radius 2 is 1.88 bits per heavy atom.